The second-order valence-electron chi connectivity index (χ2n) is 7.02. The molecule has 2 saturated carbocycles. The zero-order valence-corrected chi connectivity index (χ0v) is 13.1. The predicted octanol–water partition coefficient (Wildman–Crippen LogP) is 2.36. The van der Waals surface area contributed by atoms with Crippen LogP contribution in [0.2, 0.25) is 0 Å². The maximum absolute atomic E-state index is 10.2. The van der Waals surface area contributed by atoms with Gasteiger partial charge in [-0.05, 0) is 44.2 Å². The minimum absolute atomic E-state index is 0.155. The number of aliphatic hydroxyl groups is 1. The van der Waals surface area contributed by atoms with Crippen LogP contribution in [0.5, 0.6) is 0 Å². The zero-order valence-electron chi connectivity index (χ0n) is 13.1. The number of hydrogen-bond donors (Lipinski definition) is 2. The summed E-state index contributed by atoms with van der Waals surface area (Å²) in [5.74, 6) is 0.864. The highest BCUT2D eigenvalue weighted by Crippen LogP contribution is 2.31. The molecule has 2 N–H and O–H groups in total. The Balaban J connectivity index is 1.73. The van der Waals surface area contributed by atoms with Gasteiger partial charge >= 0.3 is 0 Å². The lowest BCUT2D eigenvalue weighted by atomic mass is 9.84. The summed E-state index contributed by atoms with van der Waals surface area (Å²) in [4.78, 5) is 2.41. The number of hydrogen-bond acceptors (Lipinski definition) is 3. The summed E-state index contributed by atoms with van der Waals surface area (Å²) in [6.45, 7) is 2.18. The third kappa shape index (κ3) is 3.65. The third-order valence-electron chi connectivity index (χ3n) is 4.99. The zero-order chi connectivity index (χ0) is 14.7. The second-order valence-corrected chi connectivity index (χ2v) is 7.02. The number of benzene rings is 1. The van der Waals surface area contributed by atoms with Gasteiger partial charge < -0.3 is 15.3 Å². The van der Waals surface area contributed by atoms with Gasteiger partial charge in [-0.1, -0.05) is 36.8 Å². The van der Waals surface area contributed by atoms with E-state index < -0.39 is 0 Å². The van der Waals surface area contributed by atoms with Crippen molar-refractivity contribution in [3.8, 4) is 0 Å². The Labute approximate surface area is 128 Å². The molecule has 116 valence electrons. The number of aliphatic hydroxyl groups excluding tert-OH is 1. The highest BCUT2D eigenvalue weighted by molar-refractivity contribution is 5.26. The first-order valence-electron chi connectivity index (χ1n) is 8.34. The Hall–Kier alpha value is -0.900. The molecular weight excluding hydrogens is 260 g/mol. The Morgan fingerprint density at radius 3 is 2.43 bits per heavy atom. The predicted molar refractivity (Wildman–Crippen MR) is 86.2 cm³/mol. The summed E-state index contributed by atoms with van der Waals surface area (Å²) in [7, 11) is 2.19. The van der Waals surface area contributed by atoms with E-state index in [0.717, 1.165) is 19.0 Å². The molecule has 0 aromatic heterocycles. The Kier molecular flexibility index (Phi) is 4.63. The van der Waals surface area contributed by atoms with Crippen molar-refractivity contribution in [1.29, 1.82) is 0 Å². The Morgan fingerprint density at radius 2 is 1.90 bits per heavy atom. The molecule has 0 bridgehead atoms. The highest BCUT2D eigenvalue weighted by atomic mass is 16.3. The van der Waals surface area contributed by atoms with Crippen LogP contribution in [0.1, 0.15) is 37.7 Å². The molecule has 2 aliphatic rings. The summed E-state index contributed by atoms with van der Waals surface area (Å²) in [6.07, 6.45) is 6.61. The van der Waals surface area contributed by atoms with E-state index in [1.54, 1.807) is 0 Å². The van der Waals surface area contributed by atoms with Gasteiger partial charge in [-0.15, -0.1) is 0 Å². The molecule has 3 nitrogen and oxygen atoms in total. The van der Waals surface area contributed by atoms with Crippen LogP contribution in [0, 0.1) is 5.92 Å². The van der Waals surface area contributed by atoms with E-state index >= 15 is 0 Å². The molecular formula is C18H28N2O. The molecule has 1 aromatic rings. The minimum Gasteiger partial charge on any atom is -0.394 e. The fraction of sp³-hybridized carbons (Fsp3) is 0.667. The van der Waals surface area contributed by atoms with Crippen molar-refractivity contribution in [2.75, 3.05) is 26.7 Å². The van der Waals surface area contributed by atoms with E-state index in [0.29, 0.717) is 6.04 Å². The van der Waals surface area contributed by atoms with Crippen LogP contribution in [0.25, 0.3) is 0 Å². The van der Waals surface area contributed by atoms with Crippen molar-refractivity contribution in [1.82, 2.24) is 10.2 Å². The fourth-order valence-corrected chi connectivity index (χ4v) is 3.42. The maximum Gasteiger partial charge on any atom is 0.0799 e. The summed E-state index contributed by atoms with van der Waals surface area (Å²) >= 11 is 0. The first-order valence-corrected chi connectivity index (χ1v) is 8.34. The summed E-state index contributed by atoms with van der Waals surface area (Å²) < 4.78 is 0. The van der Waals surface area contributed by atoms with Gasteiger partial charge in [-0.2, -0.15) is 0 Å². The van der Waals surface area contributed by atoms with Crippen LogP contribution >= 0.6 is 0 Å². The van der Waals surface area contributed by atoms with E-state index in [2.05, 4.69) is 41.5 Å². The van der Waals surface area contributed by atoms with Crippen molar-refractivity contribution < 1.29 is 5.11 Å². The molecule has 2 fully saturated rings. The number of nitrogens with zero attached hydrogens (tertiary/aromatic N) is 1. The average molecular weight is 288 g/mol. The Morgan fingerprint density at radius 1 is 1.19 bits per heavy atom. The second kappa shape index (κ2) is 6.47. The van der Waals surface area contributed by atoms with Crippen LogP contribution in [-0.4, -0.2) is 42.8 Å². The molecule has 21 heavy (non-hydrogen) atoms. The quantitative estimate of drug-likeness (QED) is 0.771. The van der Waals surface area contributed by atoms with Crippen LogP contribution in [0.3, 0.4) is 0 Å². The summed E-state index contributed by atoms with van der Waals surface area (Å²) in [6, 6.07) is 11.0. The van der Waals surface area contributed by atoms with Crippen molar-refractivity contribution in [2.45, 2.75) is 43.7 Å². The highest BCUT2D eigenvalue weighted by Gasteiger charge is 2.38. The molecule has 0 aliphatic heterocycles. The molecule has 0 spiro atoms. The third-order valence-corrected chi connectivity index (χ3v) is 4.99. The average Bonchev–Trinajstić information content (AvgIpc) is 3.27. The minimum atomic E-state index is -0.319. The van der Waals surface area contributed by atoms with Gasteiger partial charge in [-0.25, -0.2) is 0 Å². The lowest BCUT2D eigenvalue weighted by molar-refractivity contribution is 0.0991. The van der Waals surface area contributed by atoms with E-state index in [4.69, 9.17) is 0 Å². The molecule has 2 aliphatic carbocycles. The van der Waals surface area contributed by atoms with E-state index in [1.807, 2.05) is 6.07 Å². The number of likely N-dealkylation sites (N-methyl/N-ethyl adjacent to an activating group) is 1. The van der Waals surface area contributed by atoms with Crippen molar-refractivity contribution >= 4 is 0 Å². The van der Waals surface area contributed by atoms with Crippen molar-refractivity contribution in [3.63, 3.8) is 0 Å². The number of nitrogens with one attached hydrogen (secondary N) is 1. The van der Waals surface area contributed by atoms with Crippen LogP contribution in [0.4, 0.5) is 0 Å². The topological polar surface area (TPSA) is 35.5 Å². The van der Waals surface area contributed by atoms with Crippen molar-refractivity contribution in [2.24, 2.45) is 5.92 Å². The Bertz CT molecular complexity index is 442. The molecule has 0 radical (unpaired) electrons. The van der Waals surface area contributed by atoms with E-state index in [9.17, 15) is 5.11 Å². The van der Waals surface area contributed by atoms with Crippen LogP contribution in [0.15, 0.2) is 30.3 Å². The molecule has 1 atom stereocenters. The van der Waals surface area contributed by atoms with Gasteiger partial charge in [0.05, 0.1) is 12.1 Å². The van der Waals surface area contributed by atoms with Gasteiger partial charge in [0, 0.05) is 19.1 Å². The maximum atomic E-state index is 10.2. The van der Waals surface area contributed by atoms with Gasteiger partial charge in [0.15, 0.2) is 0 Å². The standard InChI is InChI=1S/C18H28N2O/c1-20(12-15-6-5-7-15)13-18(14-21,19-17-10-11-17)16-8-3-2-4-9-16/h2-4,8-9,15,17,19,21H,5-7,10-14H2,1H3. The largest absolute Gasteiger partial charge is 0.394 e. The lowest BCUT2D eigenvalue weighted by Gasteiger charge is -2.39. The summed E-state index contributed by atoms with van der Waals surface area (Å²) in [5.41, 5.74) is 0.890. The lowest BCUT2D eigenvalue weighted by Crippen LogP contribution is -2.54. The van der Waals surface area contributed by atoms with E-state index in [-0.39, 0.29) is 12.1 Å². The fourth-order valence-electron chi connectivity index (χ4n) is 3.42. The molecule has 1 unspecified atom stereocenters. The van der Waals surface area contributed by atoms with Gasteiger partial charge in [0.1, 0.15) is 0 Å². The molecule has 0 saturated heterocycles. The van der Waals surface area contributed by atoms with Gasteiger partial charge in [0.2, 0.25) is 0 Å². The molecule has 3 heteroatoms. The molecule has 0 amide bonds. The van der Waals surface area contributed by atoms with Crippen LogP contribution in [-0.2, 0) is 5.54 Å². The van der Waals surface area contributed by atoms with Crippen molar-refractivity contribution in [3.05, 3.63) is 35.9 Å². The normalized spacial score (nSPS) is 22.0. The first-order chi connectivity index (χ1) is 10.2. The molecule has 3 rings (SSSR count). The SMILES string of the molecule is CN(CC1CCC1)CC(CO)(NC1CC1)c1ccccc1. The van der Waals surface area contributed by atoms with Gasteiger partial charge in [-0.3, -0.25) is 0 Å². The summed E-state index contributed by atoms with van der Waals surface area (Å²) in [5, 5.41) is 13.9. The molecule has 1 aromatic carbocycles. The first kappa shape index (κ1) is 15.0. The van der Waals surface area contributed by atoms with E-state index in [1.165, 1.54) is 37.7 Å². The number of rotatable bonds is 8. The smallest absolute Gasteiger partial charge is 0.0799 e. The van der Waals surface area contributed by atoms with Crippen LogP contribution < -0.4 is 5.32 Å². The molecule has 0 heterocycles. The van der Waals surface area contributed by atoms with Gasteiger partial charge in [0.25, 0.3) is 0 Å². The monoisotopic (exact) mass is 288 g/mol.